The van der Waals surface area contributed by atoms with E-state index in [0.29, 0.717) is 0 Å². The predicted octanol–water partition coefficient (Wildman–Crippen LogP) is 7.36. The third-order valence-corrected chi connectivity index (χ3v) is 5.08. The first-order valence-electron chi connectivity index (χ1n) is 11.0. The average molecular weight is 401 g/mol. The van der Waals surface area contributed by atoms with E-state index in [9.17, 15) is 0 Å². The molecule has 0 bridgehead atoms. The molecule has 0 aliphatic rings. The van der Waals surface area contributed by atoms with Crippen molar-refractivity contribution in [1.82, 2.24) is 9.97 Å². The molecular weight excluding hydrogens is 368 g/mol. The Labute approximate surface area is 180 Å². The van der Waals surface area contributed by atoms with Crippen LogP contribution in [-0.4, -0.2) is 16.6 Å². The molecule has 0 N–H and O–H groups in total. The molecule has 3 aromatic rings. The van der Waals surface area contributed by atoms with Crippen LogP contribution in [-0.2, 0) is 0 Å². The molecule has 0 spiro atoms. The Bertz CT molecular complexity index is 897. The summed E-state index contributed by atoms with van der Waals surface area (Å²) in [5, 5.41) is 0. The molecule has 0 unspecified atom stereocenters. The monoisotopic (exact) mass is 400 g/mol. The second kappa shape index (κ2) is 11.9. The molecule has 2 aromatic heterocycles. The number of hydrogen-bond acceptors (Lipinski definition) is 3. The van der Waals surface area contributed by atoms with Crippen LogP contribution < -0.4 is 4.74 Å². The summed E-state index contributed by atoms with van der Waals surface area (Å²) in [6, 6.07) is 16.4. The number of benzene rings is 1. The van der Waals surface area contributed by atoms with E-state index in [2.05, 4.69) is 53.3 Å². The summed E-state index contributed by atoms with van der Waals surface area (Å²) in [6.07, 6.45) is 15.6. The summed E-state index contributed by atoms with van der Waals surface area (Å²) in [5.41, 5.74) is 5.14. The van der Waals surface area contributed by atoms with E-state index in [1.807, 2.05) is 43.6 Å². The third-order valence-electron chi connectivity index (χ3n) is 5.08. The van der Waals surface area contributed by atoms with E-state index in [1.165, 1.54) is 32.1 Å². The van der Waals surface area contributed by atoms with Crippen LogP contribution in [0.4, 0.5) is 0 Å². The highest BCUT2D eigenvalue weighted by atomic mass is 16.5. The molecule has 156 valence electrons. The molecular formula is C27H32N2O. The maximum Gasteiger partial charge on any atom is 0.119 e. The van der Waals surface area contributed by atoms with Gasteiger partial charge in [0.05, 0.1) is 18.0 Å². The second-order valence-electron chi connectivity index (χ2n) is 7.72. The van der Waals surface area contributed by atoms with Crippen LogP contribution in [0.3, 0.4) is 0 Å². The van der Waals surface area contributed by atoms with E-state index in [4.69, 9.17) is 4.74 Å². The number of ether oxygens (including phenoxy) is 1. The smallest absolute Gasteiger partial charge is 0.119 e. The van der Waals surface area contributed by atoms with Gasteiger partial charge < -0.3 is 4.74 Å². The first kappa shape index (κ1) is 21.8. The highest BCUT2D eigenvalue weighted by Crippen LogP contribution is 2.17. The summed E-state index contributed by atoms with van der Waals surface area (Å²) in [5.74, 6) is 0.942. The molecule has 0 amide bonds. The molecule has 0 aliphatic heterocycles. The lowest BCUT2D eigenvalue weighted by molar-refractivity contribution is 0.304. The minimum absolute atomic E-state index is 0.801. The van der Waals surface area contributed by atoms with E-state index in [-0.39, 0.29) is 0 Å². The van der Waals surface area contributed by atoms with Gasteiger partial charge in [-0.1, -0.05) is 75.4 Å². The normalized spacial score (nSPS) is 11.1. The molecule has 1 aromatic carbocycles. The Hall–Kier alpha value is -2.94. The number of pyridine rings is 2. The van der Waals surface area contributed by atoms with Gasteiger partial charge in [0.25, 0.3) is 0 Å². The molecule has 0 saturated heterocycles. The first-order valence-corrected chi connectivity index (χ1v) is 11.0. The van der Waals surface area contributed by atoms with E-state index < -0.39 is 0 Å². The van der Waals surface area contributed by atoms with Gasteiger partial charge in [-0.05, 0) is 54.3 Å². The fraction of sp³-hybridized carbons (Fsp3) is 0.333. The van der Waals surface area contributed by atoms with Gasteiger partial charge in [-0.25, -0.2) is 0 Å². The van der Waals surface area contributed by atoms with Crippen LogP contribution in [0.5, 0.6) is 5.75 Å². The predicted molar refractivity (Wildman–Crippen MR) is 126 cm³/mol. The summed E-state index contributed by atoms with van der Waals surface area (Å²) < 4.78 is 5.85. The molecule has 0 aliphatic carbocycles. The number of unbranched alkanes of at least 4 members (excludes halogenated alkanes) is 5. The highest BCUT2D eigenvalue weighted by Gasteiger charge is 2.00. The summed E-state index contributed by atoms with van der Waals surface area (Å²) in [6.45, 7) is 5.08. The van der Waals surface area contributed by atoms with Crippen molar-refractivity contribution >= 4 is 12.2 Å². The Morgan fingerprint density at radius 3 is 2.00 bits per heavy atom. The van der Waals surface area contributed by atoms with Crippen molar-refractivity contribution in [1.29, 1.82) is 0 Å². The maximum atomic E-state index is 5.85. The number of hydrogen-bond donors (Lipinski definition) is 0. The zero-order valence-corrected chi connectivity index (χ0v) is 18.2. The van der Waals surface area contributed by atoms with E-state index >= 15 is 0 Å². The first-order chi connectivity index (χ1) is 14.7. The largest absolute Gasteiger partial charge is 0.494 e. The zero-order chi connectivity index (χ0) is 21.0. The van der Waals surface area contributed by atoms with Gasteiger partial charge in [-0.2, -0.15) is 0 Å². The van der Waals surface area contributed by atoms with Crippen molar-refractivity contribution in [3.05, 3.63) is 77.6 Å². The van der Waals surface area contributed by atoms with Crippen molar-refractivity contribution in [3.63, 3.8) is 0 Å². The van der Waals surface area contributed by atoms with Gasteiger partial charge >= 0.3 is 0 Å². The van der Waals surface area contributed by atoms with Crippen molar-refractivity contribution in [2.24, 2.45) is 0 Å². The van der Waals surface area contributed by atoms with E-state index in [0.717, 1.165) is 46.9 Å². The van der Waals surface area contributed by atoms with Crippen molar-refractivity contribution in [2.75, 3.05) is 6.61 Å². The fourth-order valence-electron chi connectivity index (χ4n) is 3.21. The quantitative estimate of drug-likeness (QED) is 0.315. The molecule has 0 fully saturated rings. The highest BCUT2D eigenvalue weighted by molar-refractivity contribution is 5.70. The van der Waals surface area contributed by atoms with Crippen LogP contribution in [0.1, 0.15) is 62.1 Å². The van der Waals surface area contributed by atoms with Gasteiger partial charge in [0.15, 0.2) is 0 Å². The Kier molecular flexibility index (Phi) is 8.64. The van der Waals surface area contributed by atoms with Crippen LogP contribution >= 0.6 is 0 Å². The Balaban J connectivity index is 1.46. The number of aromatic nitrogens is 2. The summed E-state index contributed by atoms with van der Waals surface area (Å²) in [7, 11) is 0. The van der Waals surface area contributed by atoms with Gasteiger partial charge in [0.2, 0.25) is 0 Å². The molecule has 0 saturated carbocycles. The molecule has 3 heteroatoms. The van der Waals surface area contributed by atoms with Crippen LogP contribution in [0.25, 0.3) is 23.5 Å². The van der Waals surface area contributed by atoms with Gasteiger partial charge in [-0.15, -0.1) is 0 Å². The number of rotatable bonds is 11. The molecule has 0 atom stereocenters. The Morgan fingerprint density at radius 2 is 1.33 bits per heavy atom. The number of nitrogens with zero attached hydrogens (tertiary/aromatic N) is 2. The molecule has 2 heterocycles. The van der Waals surface area contributed by atoms with E-state index in [1.54, 1.807) is 0 Å². The Morgan fingerprint density at radius 1 is 0.700 bits per heavy atom. The standard InChI is InChI=1S/C27H32N2O/c1-3-4-5-6-7-8-19-30-25-15-12-23(13-16-25)10-11-24-14-18-27(29-21-24)26-17-9-22(2)20-28-26/h9-18,20-21H,3-8,19H2,1-2H3/b11-10+. The number of aryl methyl sites for hydroxylation is 1. The molecule has 3 rings (SSSR count). The topological polar surface area (TPSA) is 35.0 Å². The molecule has 3 nitrogen and oxygen atoms in total. The summed E-state index contributed by atoms with van der Waals surface area (Å²) >= 11 is 0. The lowest BCUT2D eigenvalue weighted by Gasteiger charge is -2.06. The second-order valence-corrected chi connectivity index (χ2v) is 7.72. The van der Waals surface area contributed by atoms with Gasteiger partial charge in [0, 0.05) is 12.4 Å². The van der Waals surface area contributed by atoms with Crippen molar-refractivity contribution in [3.8, 4) is 17.1 Å². The average Bonchev–Trinajstić information content (AvgIpc) is 2.79. The minimum Gasteiger partial charge on any atom is -0.494 e. The SMILES string of the molecule is CCCCCCCCOc1ccc(/C=C/c2ccc(-c3ccc(C)cn3)nc2)cc1. The lowest BCUT2D eigenvalue weighted by Crippen LogP contribution is -1.97. The van der Waals surface area contributed by atoms with Crippen molar-refractivity contribution in [2.45, 2.75) is 52.4 Å². The molecule has 30 heavy (non-hydrogen) atoms. The minimum atomic E-state index is 0.801. The molecule has 0 radical (unpaired) electrons. The van der Waals surface area contributed by atoms with Crippen LogP contribution in [0.2, 0.25) is 0 Å². The maximum absolute atomic E-state index is 5.85. The summed E-state index contributed by atoms with van der Waals surface area (Å²) in [4.78, 5) is 8.97. The van der Waals surface area contributed by atoms with Crippen LogP contribution in [0.15, 0.2) is 60.9 Å². The third kappa shape index (κ3) is 7.14. The zero-order valence-electron chi connectivity index (χ0n) is 18.2. The van der Waals surface area contributed by atoms with Crippen LogP contribution in [0, 0.1) is 6.92 Å². The van der Waals surface area contributed by atoms with Crippen molar-refractivity contribution < 1.29 is 4.74 Å². The lowest BCUT2D eigenvalue weighted by atomic mass is 10.1. The fourth-order valence-corrected chi connectivity index (χ4v) is 3.21. The van der Waals surface area contributed by atoms with Gasteiger partial charge in [-0.3, -0.25) is 9.97 Å². The van der Waals surface area contributed by atoms with Gasteiger partial charge in [0.1, 0.15) is 5.75 Å².